The summed E-state index contributed by atoms with van der Waals surface area (Å²) < 4.78 is 0. The van der Waals surface area contributed by atoms with Crippen molar-refractivity contribution in [2.24, 2.45) is 0 Å². The fraction of sp³-hybridized carbons (Fsp3) is 0.364. The van der Waals surface area contributed by atoms with Crippen LogP contribution in [0.2, 0.25) is 5.02 Å². The van der Waals surface area contributed by atoms with Crippen LogP contribution in [0, 0.1) is 0 Å². The highest BCUT2D eigenvalue weighted by Gasteiger charge is 2.15. The normalized spacial score (nSPS) is 17.2. The molecule has 14 heavy (non-hydrogen) atoms. The summed E-state index contributed by atoms with van der Waals surface area (Å²) in [6, 6.07) is 7.88. The number of benzene rings is 1. The molecule has 0 radical (unpaired) electrons. The summed E-state index contributed by atoms with van der Waals surface area (Å²) >= 11 is 11.2. The fourth-order valence-electron chi connectivity index (χ4n) is 1.70. The molecule has 1 aliphatic rings. The van der Waals surface area contributed by atoms with E-state index in [1.54, 1.807) is 0 Å². The van der Waals surface area contributed by atoms with E-state index in [4.69, 9.17) is 23.8 Å². The maximum Gasteiger partial charge on any atom is 0.0823 e. The van der Waals surface area contributed by atoms with Crippen LogP contribution in [-0.4, -0.2) is 11.5 Å². The number of nitrogens with zero attached hydrogens (tertiary/aromatic N) is 1. The third kappa shape index (κ3) is 2.07. The van der Waals surface area contributed by atoms with Gasteiger partial charge in [-0.2, -0.15) is 0 Å². The van der Waals surface area contributed by atoms with E-state index in [9.17, 15) is 0 Å². The van der Waals surface area contributed by atoms with Crippen molar-refractivity contribution in [3.63, 3.8) is 0 Å². The molecule has 0 atom stereocenters. The van der Waals surface area contributed by atoms with E-state index in [0.717, 1.165) is 23.0 Å². The van der Waals surface area contributed by atoms with E-state index in [-0.39, 0.29) is 0 Å². The Morgan fingerprint density at radius 3 is 2.50 bits per heavy atom. The van der Waals surface area contributed by atoms with Crippen molar-refractivity contribution in [2.75, 3.05) is 11.4 Å². The summed E-state index contributed by atoms with van der Waals surface area (Å²) in [4.78, 5) is 3.26. The Kier molecular flexibility index (Phi) is 3.04. The number of thiocarbonyl (C=S) groups is 1. The van der Waals surface area contributed by atoms with Gasteiger partial charge in [0.05, 0.1) is 4.99 Å². The highest BCUT2D eigenvalue weighted by atomic mass is 35.5. The van der Waals surface area contributed by atoms with Crippen LogP contribution < -0.4 is 4.90 Å². The van der Waals surface area contributed by atoms with Crippen molar-refractivity contribution in [1.29, 1.82) is 0 Å². The molecular formula is C11H12ClNS. The van der Waals surface area contributed by atoms with Crippen LogP contribution in [0.1, 0.15) is 19.3 Å². The molecule has 1 saturated heterocycles. The molecule has 74 valence electrons. The van der Waals surface area contributed by atoms with Crippen molar-refractivity contribution in [3.8, 4) is 0 Å². The van der Waals surface area contributed by atoms with Crippen molar-refractivity contribution in [2.45, 2.75) is 19.3 Å². The third-order valence-corrected chi connectivity index (χ3v) is 3.14. The Hall–Kier alpha value is -0.600. The monoisotopic (exact) mass is 225 g/mol. The average Bonchev–Trinajstić information content (AvgIpc) is 2.20. The molecule has 3 heteroatoms. The molecule has 0 spiro atoms. The molecule has 1 aromatic rings. The van der Waals surface area contributed by atoms with Crippen molar-refractivity contribution < 1.29 is 0 Å². The lowest BCUT2D eigenvalue weighted by Crippen LogP contribution is -2.33. The van der Waals surface area contributed by atoms with Gasteiger partial charge >= 0.3 is 0 Å². The van der Waals surface area contributed by atoms with Gasteiger partial charge in [0.2, 0.25) is 0 Å². The molecule has 1 heterocycles. The molecule has 0 unspecified atom stereocenters. The summed E-state index contributed by atoms with van der Waals surface area (Å²) in [6.45, 7) is 1.04. The second-order valence-electron chi connectivity index (χ2n) is 3.48. The van der Waals surface area contributed by atoms with Crippen LogP contribution in [0.25, 0.3) is 0 Å². The van der Waals surface area contributed by atoms with Gasteiger partial charge < -0.3 is 4.90 Å². The fourth-order valence-corrected chi connectivity index (χ4v) is 2.17. The summed E-state index contributed by atoms with van der Waals surface area (Å²) in [5.74, 6) is 0. The van der Waals surface area contributed by atoms with E-state index < -0.39 is 0 Å². The lowest BCUT2D eigenvalue weighted by atomic mass is 10.1. The van der Waals surface area contributed by atoms with E-state index in [1.165, 1.54) is 18.5 Å². The van der Waals surface area contributed by atoms with E-state index in [2.05, 4.69) is 4.90 Å². The maximum atomic E-state index is 5.84. The molecule has 1 fully saturated rings. The molecule has 0 aromatic heterocycles. The molecule has 0 bridgehead atoms. The maximum absolute atomic E-state index is 5.84. The van der Waals surface area contributed by atoms with Crippen molar-refractivity contribution >= 4 is 34.5 Å². The summed E-state index contributed by atoms with van der Waals surface area (Å²) in [7, 11) is 0. The van der Waals surface area contributed by atoms with Crippen LogP contribution in [0.5, 0.6) is 0 Å². The molecule has 0 N–H and O–H groups in total. The van der Waals surface area contributed by atoms with Gasteiger partial charge in [-0.1, -0.05) is 23.8 Å². The Bertz CT molecular complexity index is 334. The zero-order valence-electron chi connectivity index (χ0n) is 7.87. The number of piperidine rings is 1. The van der Waals surface area contributed by atoms with Crippen molar-refractivity contribution in [1.82, 2.24) is 0 Å². The van der Waals surface area contributed by atoms with Gasteiger partial charge in [0.1, 0.15) is 0 Å². The van der Waals surface area contributed by atoms with Gasteiger partial charge in [-0.3, -0.25) is 0 Å². The predicted molar refractivity (Wildman–Crippen MR) is 65.2 cm³/mol. The topological polar surface area (TPSA) is 3.24 Å². The Labute approximate surface area is 94.7 Å². The summed E-state index contributed by atoms with van der Waals surface area (Å²) in [5.41, 5.74) is 1.17. The number of hydrogen-bond donors (Lipinski definition) is 0. The smallest absolute Gasteiger partial charge is 0.0823 e. The van der Waals surface area contributed by atoms with E-state index in [1.807, 2.05) is 24.3 Å². The zero-order valence-corrected chi connectivity index (χ0v) is 9.44. The standard InChI is InChI=1S/C11H12ClNS/c12-9-4-6-10(7-5-9)13-8-2-1-3-11(13)14/h4-7H,1-3,8H2. The van der Waals surface area contributed by atoms with Gasteiger partial charge in [-0.25, -0.2) is 0 Å². The van der Waals surface area contributed by atoms with Crippen LogP contribution >= 0.6 is 23.8 Å². The Morgan fingerprint density at radius 1 is 1.14 bits per heavy atom. The van der Waals surface area contributed by atoms with Crippen LogP contribution in [0.3, 0.4) is 0 Å². The number of anilines is 1. The SMILES string of the molecule is S=C1CCCCN1c1ccc(Cl)cc1. The second-order valence-corrected chi connectivity index (χ2v) is 4.39. The predicted octanol–water partition coefficient (Wildman–Crippen LogP) is 3.66. The minimum Gasteiger partial charge on any atom is -0.336 e. The number of hydrogen-bond acceptors (Lipinski definition) is 1. The van der Waals surface area contributed by atoms with Gasteiger partial charge in [0.15, 0.2) is 0 Å². The first kappa shape index (κ1) is 9.94. The van der Waals surface area contributed by atoms with Crippen LogP contribution in [0.15, 0.2) is 24.3 Å². The van der Waals surface area contributed by atoms with Gasteiger partial charge in [-0.05, 0) is 43.5 Å². The highest BCUT2D eigenvalue weighted by Crippen LogP contribution is 2.23. The molecule has 0 amide bonds. The minimum atomic E-state index is 0.775. The molecule has 0 saturated carbocycles. The van der Waals surface area contributed by atoms with Crippen LogP contribution in [-0.2, 0) is 0 Å². The molecule has 2 rings (SSSR count). The summed E-state index contributed by atoms with van der Waals surface area (Å²) in [6.07, 6.45) is 3.49. The Balaban J connectivity index is 2.20. The molecular weight excluding hydrogens is 214 g/mol. The lowest BCUT2D eigenvalue weighted by molar-refractivity contribution is 0.720. The summed E-state index contributed by atoms with van der Waals surface area (Å²) in [5, 5.41) is 0.775. The average molecular weight is 226 g/mol. The minimum absolute atomic E-state index is 0.775. The first-order valence-electron chi connectivity index (χ1n) is 4.83. The van der Waals surface area contributed by atoms with E-state index >= 15 is 0 Å². The molecule has 1 nitrogen and oxygen atoms in total. The molecule has 1 aromatic carbocycles. The van der Waals surface area contributed by atoms with Crippen LogP contribution in [0.4, 0.5) is 5.69 Å². The number of halogens is 1. The zero-order chi connectivity index (χ0) is 9.97. The molecule has 1 aliphatic heterocycles. The lowest BCUT2D eigenvalue weighted by Gasteiger charge is -2.29. The first-order valence-corrected chi connectivity index (χ1v) is 5.62. The van der Waals surface area contributed by atoms with Crippen molar-refractivity contribution in [3.05, 3.63) is 29.3 Å². The highest BCUT2D eigenvalue weighted by molar-refractivity contribution is 7.80. The largest absolute Gasteiger partial charge is 0.336 e. The Morgan fingerprint density at radius 2 is 1.86 bits per heavy atom. The van der Waals surface area contributed by atoms with Gasteiger partial charge in [0, 0.05) is 17.3 Å². The quantitative estimate of drug-likeness (QED) is 0.672. The second kappa shape index (κ2) is 4.28. The third-order valence-electron chi connectivity index (χ3n) is 2.46. The van der Waals surface area contributed by atoms with Gasteiger partial charge in [0.25, 0.3) is 0 Å². The van der Waals surface area contributed by atoms with E-state index in [0.29, 0.717) is 0 Å². The van der Waals surface area contributed by atoms with Gasteiger partial charge in [-0.15, -0.1) is 0 Å². The molecule has 0 aliphatic carbocycles. The number of rotatable bonds is 1. The first-order chi connectivity index (χ1) is 6.77.